The highest BCUT2D eigenvalue weighted by Crippen LogP contribution is 2.14. The van der Waals surface area contributed by atoms with Crippen molar-refractivity contribution in [3.8, 4) is 0 Å². The lowest BCUT2D eigenvalue weighted by Crippen LogP contribution is -2.50. The number of guanidine groups is 1. The third-order valence-electron chi connectivity index (χ3n) is 5.35. The van der Waals surface area contributed by atoms with E-state index in [0.717, 1.165) is 50.8 Å². The highest BCUT2D eigenvalue weighted by atomic mass is 19.4. The lowest BCUT2D eigenvalue weighted by molar-refractivity contribution is -0.192. The van der Waals surface area contributed by atoms with E-state index in [4.69, 9.17) is 20.0 Å². The van der Waals surface area contributed by atoms with Gasteiger partial charge in [-0.1, -0.05) is 37.3 Å². The highest BCUT2D eigenvalue weighted by molar-refractivity contribution is 5.94. The predicted molar refractivity (Wildman–Crippen MR) is 131 cm³/mol. The second-order valence-corrected chi connectivity index (χ2v) is 8.08. The van der Waals surface area contributed by atoms with E-state index in [0.29, 0.717) is 6.54 Å². The van der Waals surface area contributed by atoms with Gasteiger partial charge in [-0.25, -0.2) is 9.59 Å². The Morgan fingerprint density at radius 3 is 2.06 bits per heavy atom. The Morgan fingerprint density at radius 1 is 0.972 bits per heavy atom. The number of carboxylic acid groups (broad SMARTS) is 2. The van der Waals surface area contributed by atoms with Gasteiger partial charge in [-0.2, -0.15) is 13.2 Å². The van der Waals surface area contributed by atoms with E-state index in [2.05, 4.69) is 46.3 Å². The summed E-state index contributed by atoms with van der Waals surface area (Å²) in [4.78, 5) is 29.6. The van der Waals surface area contributed by atoms with E-state index in [9.17, 15) is 18.0 Å². The van der Waals surface area contributed by atoms with E-state index in [1.807, 2.05) is 6.07 Å². The van der Waals surface area contributed by atoms with E-state index < -0.39 is 18.1 Å². The first-order chi connectivity index (χ1) is 17.1. The zero-order valence-corrected chi connectivity index (χ0v) is 20.0. The smallest absolute Gasteiger partial charge is 0.478 e. The van der Waals surface area contributed by atoms with Gasteiger partial charge in [0.2, 0.25) is 0 Å². The van der Waals surface area contributed by atoms with Gasteiger partial charge >= 0.3 is 18.1 Å². The van der Waals surface area contributed by atoms with Gasteiger partial charge in [0.25, 0.3) is 0 Å². The minimum atomic E-state index is -5.08. The van der Waals surface area contributed by atoms with Gasteiger partial charge in [0, 0.05) is 38.4 Å². The molecule has 36 heavy (non-hydrogen) atoms. The van der Waals surface area contributed by atoms with E-state index in [1.165, 1.54) is 12.0 Å². The van der Waals surface area contributed by atoms with Crippen molar-refractivity contribution >= 4 is 23.6 Å². The Hall–Kier alpha value is -3.60. The molecular formula is C25H31F3N4O4. The second-order valence-electron chi connectivity index (χ2n) is 8.08. The number of carboxylic acids is 2. The van der Waals surface area contributed by atoms with Crippen LogP contribution in [-0.2, 0) is 11.2 Å². The van der Waals surface area contributed by atoms with Crippen LogP contribution in [0, 0.1) is 0 Å². The summed E-state index contributed by atoms with van der Waals surface area (Å²) < 4.78 is 31.7. The molecule has 1 saturated heterocycles. The molecule has 0 bridgehead atoms. The molecule has 0 amide bonds. The molecule has 2 aromatic rings. The van der Waals surface area contributed by atoms with Gasteiger partial charge in [-0.05, 0) is 49.2 Å². The number of alkyl halides is 3. The van der Waals surface area contributed by atoms with Crippen LogP contribution in [0.1, 0.15) is 29.3 Å². The lowest BCUT2D eigenvalue weighted by atomic mass is 10.2. The van der Waals surface area contributed by atoms with E-state index >= 15 is 0 Å². The van der Waals surface area contributed by atoms with Crippen molar-refractivity contribution in [1.29, 1.82) is 0 Å². The maximum Gasteiger partial charge on any atom is 0.490 e. The average Bonchev–Trinajstić information content (AvgIpc) is 2.85. The van der Waals surface area contributed by atoms with Crippen LogP contribution in [0.15, 0.2) is 59.6 Å². The number of rotatable bonds is 7. The summed E-state index contributed by atoms with van der Waals surface area (Å²) in [6, 6.07) is 17.2. The van der Waals surface area contributed by atoms with Gasteiger partial charge < -0.3 is 20.4 Å². The number of aliphatic imine (C=N–C) groups is 1. The summed E-state index contributed by atoms with van der Waals surface area (Å²) >= 11 is 0. The summed E-state index contributed by atoms with van der Waals surface area (Å²) in [5.41, 5.74) is 2.41. The Kier molecular flexibility index (Phi) is 11.2. The standard InChI is InChI=1S/C23H30N4O2.C2HF3O2/c1-2-14-26-15-17-27(18-16-26)23(24-13-12-19-6-4-3-5-7-19)25-21-10-8-20(9-11-21)22(28)29;3-2(4,5)1(6)7/h3-11H,2,12-18H2,1H3,(H,24,25)(H,28,29);(H,6,7). The average molecular weight is 509 g/mol. The quantitative estimate of drug-likeness (QED) is 0.383. The first-order valence-electron chi connectivity index (χ1n) is 11.6. The molecule has 0 unspecified atom stereocenters. The van der Waals surface area contributed by atoms with Crippen LogP contribution in [0.2, 0.25) is 0 Å². The molecule has 0 spiro atoms. The summed E-state index contributed by atoms with van der Waals surface area (Å²) in [6.07, 6.45) is -3.02. The number of piperazine rings is 1. The van der Waals surface area contributed by atoms with E-state index in [-0.39, 0.29) is 5.56 Å². The number of aliphatic carboxylic acids is 1. The molecule has 0 radical (unpaired) electrons. The zero-order valence-electron chi connectivity index (χ0n) is 20.0. The minimum absolute atomic E-state index is 0.284. The number of hydrogen-bond acceptors (Lipinski definition) is 4. The zero-order chi connectivity index (χ0) is 26.6. The molecule has 1 fully saturated rings. The van der Waals surface area contributed by atoms with Crippen molar-refractivity contribution in [1.82, 2.24) is 9.80 Å². The first kappa shape index (κ1) is 28.6. The molecule has 8 nitrogen and oxygen atoms in total. The van der Waals surface area contributed by atoms with Gasteiger partial charge in [-0.15, -0.1) is 0 Å². The molecule has 0 aromatic heterocycles. The van der Waals surface area contributed by atoms with Crippen molar-refractivity contribution < 1.29 is 33.0 Å². The van der Waals surface area contributed by atoms with Crippen molar-refractivity contribution in [2.45, 2.75) is 25.9 Å². The maximum atomic E-state index is 11.1. The SMILES string of the molecule is CCCN1CCN(C(=NCCc2ccccc2)Nc2ccc(C(=O)O)cc2)CC1.O=C(O)C(F)(F)F. The minimum Gasteiger partial charge on any atom is -0.478 e. The number of aromatic carboxylic acids is 1. The normalized spacial score (nSPS) is 14.6. The number of carbonyl (C=O) groups is 2. The van der Waals surface area contributed by atoms with Crippen LogP contribution in [0.3, 0.4) is 0 Å². The van der Waals surface area contributed by atoms with Crippen molar-refractivity contribution in [2.75, 3.05) is 44.6 Å². The van der Waals surface area contributed by atoms with Gasteiger partial charge in [0.05, 0.1) is 5.56 Å². The maximum absolute atomic E-state index is 11.1. The molecule has 2 aromatic carbocycles. The fourth-order valence-corrected chi connectivity index (χ4v) is 3.48. The molecule has 0 atom stereocenters. The van der Waals surface area contributed by atoms with Crippen molar-refractivity contribution in [3.63, 3.8) is 0 Å². The molecule has 3 N–H and O–H groups in total. The van der Waals surface area contributed by atoms with Crippen molar-refractivity contribution in [2.24, 2.45) is 4.99 Å². The Bertz CT molecular complexity index is 991. The van der Waals surface area contributed by atoms with Gasteiger partial charge in [0.1, 0.15) is 0 Å². The van der Waals surface area contributed by atoms with Crippen LogP contribution in [0.5, 0.6) is 0 Å². The number of anilines is 1. The third-order valence-corrected chi connectivity index (χ3v) is 5.35. The van der Waals surface area contributed by atoms with Gasteiger partial charge in [-0.3, -0.25) is 9.89 Å². The lowest BCUT2D eigenvalue weighted by Gasteiger charge is -2.36. The number of hydrogen-bond donors (Lipinski definition) is 3. The molecule has 1 aliphatic heterocycles. The predicted octanol–water partition coefficient (Wildman–Crippen LogP) is 4.06. The molecule has 3 rings (SSSR count). The molecule has 1 aliphatic rings. The number of halogens is 3. The monoisotopic (exact) mass is 508 g/mol. The largest absolute Gasteiger partial charge is 0.490 e. The molecule has 0 aliphatic carbocycles. The fourth-order valence-electron chi connectivity index (χ4n) is 3.48. The summed E-state index contributed by atoms with van der Waals surface area (Å²) in [5.74, 6) is -2.81. The Balaban J connectivity index is 0.000000572. The van der Waals surface area contributed by atoms with Crippen LogP contribution in [-0.4, -0.2) is 83.4 Å². The Labute approximate surface area is 208 Å². The first-order valence-corrected chi connectivity index (χ1v) is 11.6. The third kappa shape index (κ3) is 9.95. The Morgan fingerprint density at radius 2 is 1.56 bits per heavy atom. The fraction of sp³-hybridized carbons (Fsp3) is 0.400. The van der Waals surface area contributed by atoms with Gasteiger partial charge in [0.15, 0.2) is 5.96 Å². The molecular weight excluding hydrogens is 477 g/mol. The van der Waals surface area contributed by atoms with Crippen LogP contribution in [0.4, 0.5) is 18.9 Å². The second kappa shape index (κ2) is 14.1. The van der Waals surface area contributed by atoms with E-state index in [1.54, 1.807) is 24.3 Å². The van der Waals surface area contributed by atoms with Crippen molar-refractivity contribution in [3.05, 3.63) is 65.7 Å². The summed E-state index contributed by atoms with van der Waals surface area (Å²) in [7, 11) is 0. The number of nitrogens with zero attached hydrogens (tertiary/aromatic N) is 3. The van der Waals surface area contributed by atoms with Crippen LogP contribution < -0.4 is 5.32 Å². The molecule has 11 heteroatoms. The molecule has 196 valence electrons. The molecule has 0 saturated carbocycles. The topological polar surface area (TPSA) is 105 Å². The highest BCUT2D eigenvalue weighted by Gasteiger charge is 2.38. The molecule has 1 heterocycles. The summed E-state index contributed by atoms with van der Waals surface area (Å²) in [5, 5.41) is 19.6. The number of nitrogens with one attached hydrogen (secondary N) is 1. The van der Waals surface area contributed by atoms with Crippen LogP contribution in [0.25, 0.3) is 0 Å². The summed E-state index contributed by atoms with van der Waals surface area (Å²) in [6.45, 7) is 7.99. The van der Waals surface area contributed by atoms with Crippen LogP contribution >= 0.6 is 0 Å². The number of benzene rings is 2.